The van der Waals surface area contributed by atoms with Crippen LogP contribution in [0.15, 0.2) is 0 Å². The minimum atomic E-state index is -3.98. The second-order valence-corrected chi connectivity index (χ2v) is 5.09. The fourth-order valence-electron chi connectivity index (χ4n) is 1.77. The van der Waals surface area contributed by atoms with E-state index >= 15 is 0 Å². The van der Waals surface area contributed by atoms with Crippen molar-refractivity contribution in [1.82, 2.24) is 0 Å². The fraction of sp³-hybridized carbons (Fsp3) is 1.00. The van der Waals surface area contributed by atoms with Gasteiger partial charge in [-0.05, 0) is 18.5 Å². The molecule has 0 atom stereocenters. The molecule has 0 saturated heterocycles. The largest absolute Gasteiger partial charge is 0.409 e. The maximum Gasteiger partial charge on any atom is 0.409 e. The van der Waals surface area contributed by atoms with Crippen molar-refractivity contribution in [3.63, 3.8) is 0 Å². The fourth-order valence-corrected chi connectivity index (χ4v) is 2.81. The lowest BCUT2D eigenvalue weighted by atomic mass is 10.0. The summed E-state index contributed by atoms with van der Waals surface area (Å²) in [6.07, 6.45) is 6.92. The molecule has 0 bridgehead atoms. The van der Waals surface area contributed by atoms with E-state index in [9.17, 15) is 13.2 Å². The first-order valence-electron chi connectivity index (χ1n) is 4.87. The van der Waals surface area contributed by atoms with Crippen LogP contribution in [0.25, 0.3) is 0 Å². The van der Waals surface area contributed by atoms with Gasteiger partial charge in [0.1, 0.15) is 0 Å². The molecule has 1 aliphatic rings. The maximum absolute atomic E-state index is 12.1. The summed E-state index contributed by atoms with van der Waals surface area (Å²) in [5.41, 5.74) is -0.125. The van der Waals surface area contributed by atoms with Crippen LogP contribution in [-0.2, 0) is 0 Å². The predicted octanol–water partition coefficient (Wildman–Crippen LogP) is 4.57. The first-order valence-corrected chi connectivity index (χ1v) is 5.83. The van der Waals surface area contributed by atoms with Crippen molar-refractivity contribution in [2.75, 3.05) is 0 Å². The summed E-state index contributed by atoms with van der Waals surface area (Å²) in [7, 11) is -0.308. The van der Waals surface area contributed by atoms with Crippen LogP contribution in [0.1, 0.15) is 44.9 Å². The number of hydrogen-bond acceptors (Lipinski definition) is 0. The van der Waals surface area contributed by atoms with Gasteiger partial charge in [0.15, 0.2) is 0 Å². The molecule has 1 saturated carbocycles. The molecule has 1 radical (unpaired) electrons. The Morgan fingerprint density at radius 3 is 1.77 bits per heavy atom. The van der Waals surface area contributed by atoms with Gasteiger partial charge in [0, 0.05) is 8.58 Å². The summed E-state index contributed by atoms with van der Waals surface area (Å²) < 4.78 is 36.2. The summed E-state index contributed by atoms with van der Waals surface area (Å²) >= 11 is 0. The maximum atomic E-state index is 12.1. The Morgan fingerprint density at radius 1 is 0.846 bits per heavy atom. The first kappa shape index (κ1) is 11.3. The lowest BCUT2D eigenvalue weighted by molar-refractivity contribution is -0.0379. The second kappa shape index (κ2) is 5.19. The highest BCUT2D eigenvalue weighted by Crippen LogP contribution is 2.44. The van der Waals surface area contributed by atoms with Crippen LogP contribution in [0.2, 0.25) is 0 Å². The van der Waals surface area contributed by atoms with Gasteiger partial charge in [0.2, 0.25) is 0 Å². The van der Waals surface area contributed by atoms with E-state index in [0.717, 1.165) is 38.5 Å². The Balaban J connectivity index is 2.29. The number of alkyl halides is 3. The monoisotopic (exact) mass is 211 g/mol. The third-order valence-electron chi connectivity index (χ3n) is 2.40. The molecular formula is C9H15F3P. The predicted molar refractivity (Wildman–Crippen MR) is 49.1 cm³/mol. The van der Waals surface area contributed by atoms with Gasteiger partial charge >= 0.3 is 5.92 Å². The van der Waals surface area contributed by atoms with Gasteiger partial charge in [0.05, 0.1) is 0 Å². The molecule has 77 valence electrons. The number of rotatable bonds is 1. The average molecular weight is 211 g/mol. The van der Waals surface area contributed by atoms with Gasteiger partial charge in [0.25, 0.3) is 0 Å². The Hall–Kier alpha value is 0.220. The first-order chi connectivity index (χ1) is 6.08. The van der Waals surface area contributed by atoms with E-state index in [4.69, 9.17) is 0 Å². The molecule has 1 aliphatic carbocycles. The third-order valence-corrected chi connectivity index (χ3v) is 3.58. The minimum absolute atomic E-state index is 0.125. The zero-order valence-corrected chi connectivity index (χ0v) is 8.50. The van der Waals surface area contributed by atoms with Crippen molar-refractivity contribution in [3.05, 3.63) is 0 Å². The van der Waals surface area contributed by atoms with Crippen molar-refractivity contribution in [2.45, 2.75) is 56.5 Å². The zero-order chi connectivity index (χ0) is 9.73. The van der Waals surface area contributed by atoms with Crippen LogP contribution < -0.4 is 0 Å². The van der Waals surface area contributed by atoms with Gasteiger partial charge in [-0.15, -0.1) is 0 Å². The van der Waals surface area contributed by atoms with Gasteiger partial charge < -0.3 is 0 Å². The molecule has 0 aromatic rings. The molecule has 1 fully saturated rings. The smallest absolute Gasteiger partial charge is 0.167 e. The molecule has 0 heterocycles. The van der Waals surface area contributed by atoms with Crippen molar-refractivity contribution in [1.29, 1.82) is 0 Å². The van der Waals surface area contributed by atoms with Crippen LogP contribution in [0.5, 0.6) is 0 Å². The highest BCUT2D eigenvalue weighted by atomic mass is 31.1. The van der Waals surface area contributed by atoms with Gasteiger partial charge in [-0.1, -0.05) is 32.1 Å². The molecule has 13 heavy (non-hydrogen) atoms. The molecule has 1 rings (SSSR count). The zero-order valence-electron chi connectivity index (χ0n) is 7.61. The van der Waals surface area contributed by atoms with Crippen LogP contribution in [0.4, 0.5) is 13.2 Å². The highest BCUT2D eigenvalue weighted by Gasteiger charge is 2.32. The quantitative estimate of drug-likeness (QED) is 0.557. The summed E-state index contributed by atoms with van der Waals surface area (Å²) in [5, 5.41) is 0. The molecule has 0 aliphatic heterocycles. The normalized spacial score (nSPS) is 23.3. The van der Waals surface area contributed by atoms with Crippen LogP contribution in [0, 0.1) is 0 Å². The van der Waals surface area contributed by atoms with E-state index in [1.807, 2.05) is 0 Å². The SMILES string of the molecule is FC(F)(F)[P]C1CCCCCCC1. The van der Waals surface area contributed by atoms with E-state index < -0.39 is 5.92 Å². The standard InChI is InChI=1S/C9H15F3P/c10-9(11,12)13-8-6-4-2-1-3-5-7-8/h8H,1-7H2. The van der Waals surface area contributed by atoms with E-state index in [1.165, 1.54) is 6.42 Å². The summed E-state index contributed by atoms with van der Waals surface area (Å²) in [6.45, 7) is 0. The molecular weight excluding hydrogens is 196 g/mol. The second-order valence-electron chi connectivity index (χ2n) is 3.60. The van der Waals surface area contributed by atoms with E-state index in [-0.39, 0.29) is 14.2 Å². The minimum Gasteiger partial charge on any atom is -0.167 e. The Labute approximate surface area is 79.1 Å². The molecule has 0 spiro atoms. The summed E-state index contributed by atoms with van der Waals surface area (Å²) in [6, 6.07) is 0. The van der Waals surface area contributed by atoms with E-state index in [2.05, 4.69) is 0 Å². The van der Waals surface area contributed by atoms with Crippen molar-refractivity contribution in [2.24, 2.45) is 0 Å². The summed E-state index contributed by atoms with van der Waals surface area (Å²) in [5.74, 6) is -3.98. The molecule has 4 heteroatoms. The molecule has 0 nitrogen and oxygen atoms in total. The molecule has 0 N–H and O–H groups in total. The van der Waals surface area contributed by atoms with E-state index in [0.29, 0.717) is 0 Å². The lowest BCUT2D eigenvalue weighted by Crippen LogP contribution is -2.10. The average Bonchev–Trinajstić information content (AvgIpc) is 1.92. The van der Waals surface area contributed by atoms with Gasteiger partial charge in [-0.3, -0.25) is 0 Å². The van der Waals surface area contributed by atoms with Crippen molar-refractivity contribution in [3.8, 4) is 0 Å². The number of halogens is 3. The van der Waals surface area contributed by atoms with E-state index in [1.54, 1.807) is 0 Å². The van der Waals surface area contributed by atoms with Gasteiger partial charge in [-0.2, -0.15) is 13.2 Å². The van der Waals surface area contributed by atoms with Crippen LogP contribution in [-0.4, -0.2) is 11.6 Å². The van der Waals surface area contributed by atoms with Crippen LogP contribution >= 0.6 is 8.58 Å². The topological polar surface area (TPSA) is 0 Å². The van der Waals surface area contributed by atoms with Crippen molar-refractivity contribution < 1.29 is 13.2 Å². The van der Waals surface area contributed by atoms with Crippen molar-refractivity contribution >= 4 is 8.58 Å². The van der Waals surface area contributed by atoms with Gasteiger partial charge in [-0.25, -0.2) is 0 Å². The third kappa shape index (κ3) is 5.51. The highest BCUT2D eigenvalue weighted by molar-refractivity contribution is 7.40. The molecule has 0 amide bonds. The Morgan fingerprint density at radius 2 is 1.31 bits per heavy atom. The Bertz CT molecular complexity index is 136. The molecule has 0 unspecified atom stereocenters. The van der Waals surface area contributed by atoms with Crippen LogP contribution in [0.3, 0.4) is 0 Å². The number of hydrogen-bond donors (Lipinski definition) is 0. The lowest BCUT2D eigenvalue weighted by Gasteiger charge is -2.19. The molecule has 0 aromatic carbocycles. The summed E-state index contributed by atoms with van der Waals surface area (Å²) in [4.78, 5) is 0. The molecule has 0 aromatic heterocycles. The Kier molecular flexibility index (Phi) is 4.51.